The third-order valence-electron chi connectivity index (χ3n) is 1.73. The highest BCUT2D eigenvalue weighted by Gasteiger charge is 2.20. The molecular weight excluding hydrogens is 203 g/mol. The van der Waals surface area contributed by atoms with Gasteiger partial charge in [0.2, 0.25) is 11.9 Å². The van der Waals surface area contributed by atoms with Crippen LogP contribution < -0.4 is 5.32 Å². The summed E-state index contributed by atoms with van der Waals surface area (Å²) in [7, 11) is 0. The predicted octanol–water partition coefficient (Wildman–Crippen LogP) is 0.880. The van der Waals surface area contributed by atoms with Crippen molar-refractivity contribution < 1.29 is 19.1 Å². The molecular formula is C9H9FN2O3. The van der Waals surface area contributed by atoms with Crippen molar-refractivity contribution in [2.75, 3.05) is 5.32 Å². The van der Waals surface area contributed by atoms with Crippen LogP contribution in [-0.2, 0) is 9.59 Å². The van der Waals surface area contributed by atoms with E-state index in [1.54, 1.807) is 0 Å². The van der Waals surface area contributed by atoms with Crippen LogP contribution in [0.4, 0.5) is 10.2 Å². The number of carboxylic acids is 1. The first kappa shape index (κ1) is 11.1. The van der Waals surface area contributed by atoms with E-state index in [1.165, 1.54) is 19.1 Å². The molecule has 0 aliphatic heterocycles. The molecule has 1 aromatic heterocycles. The van der Waals surface area contributed by atoms with Gasteiger partial charge in [0.05, 0.1) is 0 Å². The maximum atomic E-state index is 12.6. The summed E-state index contributed by atoms with van der Waals surface area (Å²) < 4.78 is 12.6. The van der Waals surface area contributed by atoms with E-state index in [0.29, 0.717) is 0 Å². The molecule has 0 radical (unpaired) electrons. The summed E-state index contributed by atoms with van der Waals surface area (Å²) >= 11 is 0. The lowest BCUT2D eigenvalue weighted by Gasteiger charge is -2.06. The molecule has 0 fully saturated rings. The summed E-state index contributed by atoms with van der Waals surface area (Å²) in [4.78, 5) is 25.0. The summed E-state index contributed by atoms with van der Waals surface area (Å²) in [5.41, 5.74) is 0. The summed E-state index contributed by atoms with van der Waals surface area (Å²) in [5.74, 6) is -3.93. The fraction of sp³-hybridized carbons (Fsp3) is 0.222. The number of pyridine rings is 1. The Morgan fingerprint density at radius 3 is 2.73 bits per heavy atom. The summed E-state index contributed by atoms with van der Waals surface area (Å²) in [6.45, 7) is 1.23. The van der Waals surface area contributed by atoms with Crippen LogP contribution in [0.25, 0.3) is 0 Å². The van der Waals surface area contributed by atoms with E-state index in [4.69, 9.17) is 5.11 Å². The van der Waals surface area contributed by atoms with Gasteiger partial charge in [0.1, 0.15) is 11.7 Å². The molecule has 1 rings (SSSR count). The van der Waals surface area contributed by atoms with E-state index in [-0.39, 0.29) is 5.82 Å². The molecule has 0 bridgehead atoms. The van der Waals surface area contributed by atoms with Crippen molar-refractivity contribution in [1.29, 1.82) is 0 Å². The topological polar surface area (TPSA) is 79.3 Å². The number of carboxylic acid groups (broad SMARTS) is 1. The Labute approximate surface area is 84.9 Å². The summed E-state index contributed by atoms with van der Waals surface area (Å²) in [5, 5.41) is 10.7. The zero-order valence-electron chi connectivity index (χ0n) is 7.90. The molecule has 1 atom stereocenters. The van der Waals surface area contributed by atoms with Crippen LogP contribution in [0.15, 0.2) is 18.2 Å². The van der Waals surface area contributed by atoms with Crippen molar-refractivity contribution in [3.63, 3.8) is 0 Å². The van der Waals surface area contributed by atoms with Gasteiger partial charge in [-0.2, -0.15) is 4.39 Å². The van der Waals surface area contributed by atoms with E-state index >= 15 is 0 Å². The Kier molecular flexibility index (Phi) is 3.33. The largest absolute Gasteiger partial charge is 0.481 e. The third kappa shape index (κ3) is 3.01. The van der Waals surface area contributed by atoms with Crippen LogP contribution in [-0.4, -0.2) is 22.0 Å². The van der Waals surface area contributed by atoms with Gasteiger partial charge >= 0.3 is 5.97 Å². The van der Waals surface area contributed by atoms with E-state index in [2.05, 4.69) is 10.3 Å². The summed E-state index contributed by atoms with van der Waals surface area (Å²) in [6.07, 6.45) is 0. The minimum atomic E-state index is -1.25. The molecule has 1 aromatic rings. The standard InChI is InChI=1S/C9H9FN2O3/c1-5(9(14)15)8(13)12-7-4-2-3-6(10)11-7/h2-5H,1H3,(H,14,15)(H,11,12,13). The molecule has 15 heavy (non-hydrogen) atoms. The fourth-order valence-electron chi connectivity index (χ4n) is 0.825. The average Bonchev–Trinajstić information content (AvgIpc) is 2.16. The molecule has 2 N–H and O–H groups in total. The molecule has 0 aromatic carbocycles. The van der Waals surface area contributed by atoms with Crippen molar-refractivity contribution in [3.8, 4) is 0 Å². The van der Waals surface area contributed by atoms with Crippen molar-refractivity contribution >= 4 is 17.7 Å². The molecule has 0 saturated carbocycles. The molecule has 6 heteroatoms. The molecule has 1 amide bonds. The normalized spacial score (nSPS) is 11.9. The SMILES string of the molecule is CC(C(=O)O)C(=O)Nc1cccc(F)n1. The van der Waals surface area contributed by atoms with Gasteiger partial charge in [-0.15, -0.1) is 0 Å². The monoisotopic (exact) mass is 212 g/mol. The molecule has 0 aliphatic rings. The van der Waals surface area contributed by atoms with Crippen molar-refractivity contribution in [2.45, 2.75) is 6.92 Å². The second kappa shape index (κ2) is 4.50. The number of hydrogen-bond acceptors (Lipinski definition) is 3. The fourth-order valence-corrected chi connectivity index (χ4v) is 0.825. The first-order valence-electron chi connectivity index (χ1n) is 4.17. The summed E-state index contributed by atoms with van der Waals surface area (Å²) in [6, 6.07) is 3.86. The van der Waals surface area contributed by atoms with Crippen LogP contribution in [0.1, 0.15) is 6.92 Å². The van der Waals surface area contributed by atoms with E-state index < -0.39 is 23.7 Å². The predicted molar refractivity (Wildman–Crippen MR) is 49.6 cm³/mol. The average molecular weight is 212 g/mol. The number of aromatic nitrogens is 1. The molecule has 80 valence electrons. The number of carbonyl (C=O) groups is 2. The second-order valence-electron chi connectivity index (χ2n) is 2.89. The number of anilines is 1. The first-order chi connectivity index (χ1) is 7.00. The Balaban J connectivity index is 2.70. The number of hydrogen-bond donors (Lipinski definition) is 2. The van der Waals surface area contributed by atoms with E-state index in [9.17, 15) is 14.0 Å². The van der Waals surface area contributed by atoms with Crippen LogP contribution in [0.5, 0.6) is 0 Å². The maximum absolute atomic E-state index is 12.6. The lowest BCUT2D eigenvalue weighted by atomic mass is 10.2. The van der Waals surface area contributed by atoms with Crippen LogP contribution >= 0.6 is 0 Å². The zero-order valence-corrected chi connectivity index (χ0v) is 7.90. The zero-order chi connectivity index (χ0) is 11.4. The Bertz CT molecular complexity index is 395. The van der Waals surface area contributed by atoms with Crippen LogP contribution in [0.3, 0.4) is 0 Å². The highest BCUT2D eigenvalue weighted by molar-refractivity contribution is 6.03. The van der Waals surface area contributed by atoms with Crippen molar-refractivity contribution in [3.05, 3.63) is 24.1 Å². The van der Waals surface area contributed by atoms with Crippen molar-refractivity contribution in [1.82, 2.24) is 4.98 Å². The quantitative estimate of drug-likeness (QED) is 0.575. The second-order valence-corrected chi connectivity index (χ2v) is 2.89. The van der Waals surface area contributed by atoms with Gasteiger partial charge in [0, 0.05) is 0 Å². The number of carbonyl (C=O) groups excluding carboxylic acids is 1. The minimum Gasteiger partial charge on any atom is -0.481 e. The van der Waals surface area contributed by atoms with Gasteiger partial charge in [-0.3, -0.25) is 9.59 Å². The molecule has 0 saturated heterocycles. The molecule has 1 unspecified atom stereocenters. The Morgan fingerprint density at radius 2 is 2.20 bits per heavy atom. The smallest absolute Gasteiger partial charge is 0.315 e. The molecule has 0 aliphatic carbocycles. The minimum absolute atomic E-state index is 0.00639. The number of nitrogens with one attached hydrogen (secondary N) is 1. The van der Waals surface area contributed by atoms with E-state index in [1.807, 2.05) is 0 Å². The third-order valence-corrected chi connectivity index (χ3v) is 1.73. The Morgan fingerprint density at radius 1 is 1.53 bits per heavy atom. The van der Waals surface area contributed by atoms with Crippen LogP contribution in [0, 0.1) is 11.9 Å². The van der Waals surface area contributed by atoms with Gasteiger partial charge in [0.15, 0.2) is 0 Å². The number of nitrogens with zero attached hydrogens (tertiary/aromatic N) is 1. The van der Waals surface area contributed by atoms with Gasteiger partial charge in [0.25, 0.3) is 0 Å². The van der Waals surface area contributed by atoms with Gasteiger partial charge in [-0.05, 0) is 19.1 Å². The lowest BCUT2D eigenvalue weighted by Crippen LogP contribution is -2.27. The molecule has 1 heterocycles. The lowest BCUT2D eigenvalue weighted by molar-refractivity contribution is -0.144. The van der Waals surface area contributed by atoms with Gasteiger partial charge in [-0.1, -0.05) is 6.07 Å². The number of aliphatic carboxylic acids is 1. The highest BCUT2D eigenvalue weighted by Crippen LogP contribution is 2.06. The Hall–Kier alpha value is -1.98. The maximum Gasteiger partial charge on any atom is 0.315 e. The van der Waals surface area contributed by atoms with Crippen LogP contribution in [0.2, 0.25) is 0 Å². The van der Waals surface area contributed by atoms with Gasteiger partial charge < -0.3 is 10.4 Å². The number of rotatable bonds is 3. The van der Waals surface area contributed by atoms with Gasteiger partial charge in [-0.25, -0.2) is 4.98 Å². The molecule has 0 spiro atoms. The highest BCUT2D eigenvalue weighted by atomic mass is 19.1. The van der Waals surface area contributed by atoms with E-state index in [0.717, 1.165) is 6.07 Å². The number of halogens is 1. The first-order valence-corrected chi connectivity index (χ1v) is 4.17. The molecule has 5 nitrogen and oxygen atoms in total. The van der Waals surface area contributed by atoms with Crippen molar-refractivity contribution in [2.24, 2.45) is 5.92 Å². The number of amides is 1.